The highest BCUT2D eigenvalue weighted by atomic mass is 16.5. The number of hydrogen-bond acceptors (Lipinski definition) is 5. The van der Waals surface area contributed by atoms with Crippen LogP contribution >= 0.6 is 0 Å². The molecule has 2 aromatic carbocycles. The molecule has 0 aliphatic heterocycles. The van der Waals surface area contributed by atoms with Gasteiger partial charge in [0.1, 0.15) is 5.75 Å². The monoisotopic (exact) mass is 369 g/mol. The Labute approximate surface area is 158 Å². The van der Waals surface area contributed by atoms with Crippen LogP contribution in [0.15, 0.2) is 54.6 Å². The lowest BCUT2D eigenvalue weighted by atomic mass is 10.1. The summed E-state index contributed by atoms with van der Waals surface area (Å²) < 4.78 is 10.5. The third-order valence-corrected chi connectivity index (χ3v) is 3.93. The maximum absolute atomic E-state index is 12.0. The molecular formula is C21H23NO5. The van der Waals surface area contributed by atoms with E-state index in [1.54, 1.807) is 43.4 Å². The number of hydrogen-bond donors (Lipinski definition) is 0. The minimum Gasteiger partial charge on any atom is -0.494 e. The molecule has 0 saturated carbocycles. The van der Waals surface area contributed by atoms with Crippen LogP contribution < -0.4 is 9.64 Å². The van der Waals surface area contributed by atoms with Gasteiger partial charge in [0.2, 0.25) is 0 Å². The van der Waals surface area contributed by atoms with Crippen molar-refractivity contribution < 1.29 is 23.9 Å². The Morgan fingerprint density at radius 3 is 2.26 bits per heavy atom. The van der Waals surface area contributed by atoms with Gasteiger partial charge < -0.3 is 14.4 Å². The topological polar surface area (TPSA) is 72.9 Å². The van der Waals surface area contributed by atoms with E-state index in [1.165, 1.54) is 11.8 Å². The highest BCUT2D eigenvalue weighted by molar-refractivity contribution is 5.95. The maximum atomic E-state index is 12.0. The SMILES string of the molecule is CC(=O)c1ccc(OCCCC(=O)OCC(=O)N(C)c2ccccc2)cc1. The van der Waals surface area contributed by atoms with Gasteiger partial charge in [-0.25, -0.2) is 0 Å². The first-order valence-electron chi connectivity index (χ1n) is 8.68. The average Bonchev–Trinajstić information content (AvgIpc) is 2.69. The van der Waals surface area contributed by atoms with Gasteiger partial charge in [-0.2, -0.15) is 0 Å². The Balaban J connectivity index is 1.64. The van der Waals surface area contributed by atoms with Crippen LogP contribution in [0.25, 0.3) is 0 Å². The number of amides is 1. The molecule has 6 heteroatoms. The van der Waals surface area contributed by atoms with Crippen molar-refractivity contribution in [3.63, 3.8) is 0 Å². The van der Waals surface area contributed by atoms with E-state index in [9.17, 15) is 14.4 Å². The Morgan fingerprint density at radius 2 is 1.63 bits per heavy atom. The average molecular weight is 369 g/mol. The van der Waals surface area contributed by atoms with Crippen molar-refractivity contribution in [3.05, 3.63) is 60.2 Å². The number of anilines is 1. The number of nitrogens with zero attached hydrogens (tertiary/aromatic N) is 1. The molecule has 0 atom stereocenters. The lowest BCUT2D eigenvalue weighted by Gasteiger charge is -2.17. The molecule has 0 aliphatic rings. The lowest BCUT2D eigenvalue weighted by molar-refractivity contribution is -0.148. The molecular weight excluding hydrogens is 346 g/mol. The molecule has 0 saturated heterocycles. The molecule has 0 bridgehead atoms. The Kier molecular flexibility index (Phi) is 7.55. The van der Waals surface area contributed by atoms with Gasteiger partial charge in [-0.1, -0.05) is 18.2 Å². The van der Waals surface area contributed by atoms with Crippen molar-refractivity contribution in [3.8, 4) is 5.75 Å². The minimum absolute atomic E-state index is 0.00301. The number of esters is 1. The molecule has 0 heterocycles. The van der Waals surface area contributed by atoms with E-state index in [-0.39, 0.29) is 24.7 Å². The number of rotatable bonds is 9. The number of benzene rings is 2. The van der Waals surface area contributed by atoms with Gasteiger partial charge in [0, 0.05) is 24.7 Å². The van der Waals surface area contributed by atoms with Gasteiger partial charge >= 0.3 is 5.97 Å². The highest BCUT2D eigenvalue weighted by Crippen LogP contribution is 2.13. The fourth-order valence-corrected chi connectivity index (χ4v) is 2.30. The fraction of sp³-hybridized carbons (Fsp3) is 0.286. The molecule has 1 amide bonds. The van der Waals surface area contributed by atoms with Gasteiger partial charge in [-0.15, -0.1) is 0 Å². The summed E-state index contributed by atoms with van der Waals surface area (Å²) in [5.41, 5.74) is 1.36. The van der Waals surface area contributed by atoms with Crippen LogP contribution in [0.1, 0.15) is 30.1 Å². The number of carbonyl (C=O) groups is 3. The number of carbonyl (C=O) groups excluding carboxylic acids is 3. The molecule has 2 rings (SSSR count). The smallest absolute Gasteiger partial charge is 0.306 e. The third-order valence-electron chi connectivity index (χ3n) is 3.93. The van der Waals surface area contributed by atoms with Crippen molar-refractivity contribution >= 4 is 23.3 Å². The molecule has 0 aromatic heterocycles. The number of para-hydroxylation sites is 1. The summed E-state index contributed by atoms with van der Waals surface area (Å²) in [5, 5.41) is 0. The number of Topliss-reactive ketones (excluding diaryl/α,β-unsaturated/α-hetero) is 1. The second-order valence-corrected chi connectivity index (χ2v) is 5.98. The summed E-state index contributed by atoms with van der Waals surface area (Å²) in [6, 6.07) is 16.0. The van der Waals surface area contributed by atoms with E-state index in [2.05, 4.69) is 0 Å². The second kappa shape index (κ2) is 10.1. The third kappa shape index (κ3) is 6.58. The quantitative estimate of drug-likeness (QED) is 0.385. The largest absolute Gasteiger partial charge is 0.494 e. The van der Waals surface area contributed by atoms with Gasteiger partial charge in [-0.05, 0) is 49.7 Å². The molecule has 0 radical (unpaired) electrons. The van der Waals surface area contributed by atoms with E-state index in [0.29, 0.717) is 24.3 Å². The lowest BCUT2D eigenvalue weighted by Crippen LogP contribution is -2.31. The van der Waals surface area contributed by atoms with E-state index < -0.39 is 5.97 Å². The predicted octanol–water partition coefficient (Wildman–Crippen LogP) is 3.25. The molecule has 27 heavy (non-hydrogen) atoms. The van der Waals surface area contributed by atoms with Gasteiger partial charge in [-0.3, -0.25) is 14.4 Å². The van der Waals surface area contributed by atoms with Crippen molar-refractivity contribution in [2.24, 2.45) is 0 Å². The molecule has 0 unspecified atom stereocenters. The molecule has 0 spiro atoms. The minimum atomic E-state index is -0.444. The van der Waals surface area contributed by atoms with E-state index >= 15 is 0 Å². The summed E-state index contributed by atoms with van der Waals surface area (Å²) >= 11 is 0. The van der Waals surface area contributed by atoms with Crippen molar-refractivity contribution in [1.82, 2.24) is 0 Å². The standard InChI is InChI=1S/C21H23NO5/c1-16(23)17-10-12-19(13-11-17)26-14-6-9-21(25)27-15-20(24)22(2)18-7-4-3-5-8-18/h3-5,7-8,10-13H,6,9,14-15H2,1-2H3. The van der Waals surface area contributed by atoms with Crippen LogP contribution in [-0.4, -0.2) is 37.9 Å². The Hall–Kier alpha value is -3.15. The van der Waals surface area contributed by atoms with Gasteiger partial charge in [0.15, 0.2) is 12.4 Å². The normalized spacial score (nSPS) is 10.1. The summed E-state index contributed by atoms with van der Waals surface area (Å²) in [6.45, 7) is 1.55. The summed E-state index contributed by atoms with van der Waals surface area (Å²) in [4.78, 5) is 36.4. The first-order chi connectivity index (χ1) is 13.0. The zero-order valence-electron chi connectivity index (χ0n) is 15.5. The second-order valence-electron chi connectivity index (χ2n) is 5.98. The number of ether oxygens (including phenoxy) is 2. The van der Waals surface area contributed by atoms with Crippen molar-refractivity contribution in [2.45, 2.75) is 19.8 Å². The van der Waals surface area contributed by atoms with Crippen molar-refractivity contribution in [1.29, 1.82) is 0 Å². The zero-order chi connectivity index (χ0) is 19.6. The van der Waals surface area contributed by atoms with E-state index in [1.807, 2.05) is 18.2 Å². The Morgan fingerprint density at radius 1 is 0.963 bits per heavy atom. The molecule has 2 aromatic rings. The van der Waals surface area contributed by atoms with Crippen LogP contribution in [0.4, 0.5) is 5.69 Å². The summed E-state index contributed by atoms with van der Waals surface area (Å²) in [7, 11) is 1.64. The summed E-state index contributed by atoms with van der Waals surface area (Å²) in [5.74, 6) is -0.110. The Bertz CT molecular complexity index is 771. The maximum Gasteiger partial charge on any atom is 0.306 e. The number of ketones is 1. The molecule has 0 aliphatic carbocycles. The zero-order valence-corrected chi connectivity index (χ0v) is 15.5. The summed E-state index contributed by atoms with van der Waals surface area (Å²) in [6.07, 6.45) is 0.629. The van der Waals surface area contributed by atoms with Crippen LogP contribution in [0, 0.1) is 0 Å². The molecule has 6 nitrogen and oxygen atoms in total. The van der Waals surface area contributed by atoms with E-state index in [4.69, 9.17) is 9.47 Å². The van der Waals surface area contributed by atoms with Gasteiger partial charge in [0.25, 0.3) is 5.91 Å². The molecule has 0 N–H and O–H groups in total. The first kappa shape index (κ1) is 20.2. The predicted molar refractivity (Wildman–Crippen MR) is 102 cm³/mol. The van der Waals surface area contributed by atoms with Crippen LogP contribution in [0.2, 0.25) is 0 Å². The van der Waals surface area contributed by atoms with Crippen molar-refractivity contribution in [2.75, 3.05) is 25.2 Å². The van der Waals surface area contributed by atoms with Crippen LogP contribution in [0.3, 0.4) is 0 Å². The highest BCUT2D eigenvalue weighted by Gasteiger charge is 2.13. The first-order valence-corrected chi connectivity index (χ1v) is 8.68. The molecule has 0 fully saturated rings. The van der Waals surface area contributed by atoms with E-state index in [0.717, 1.165) is 5.69 Å². The van der Waals surface area contributed by atoms with Crippen LogP contribution in [0.5, 0.6) is 5.75 Å². The molecule has 142 valence electrons. The van der Waals surface area contributed by atoms with Crippen LogP contribution in [-0.2, 0) is 14.3 Å². The fourth-order valence-electron chi connectivity index (χ4n) is 2.30. The van der Waals surface area contributed by atoms with Gasteiger partial charge in [0.05, 0.1) is 6.61 Å². The number of likely N-dealkylation sites (N-methyl/N-ethyl adjacent to an activating group) is 1.